The van der Waals surface area contributed by atoms with Gasteiger partial charge >= 0.3 is 5.97 Å². The Balaban J connectivity index is 3.46. The molecule has 0 radical (unpaired) electrons. The number of nitrogens with zero attached hydrogens (tertiary/aromatic N) is 1. The zero-order valence-electron chi connectivity index (χ0n) is 4.20. The molecular weight excluding hydrogens is 114 g/mol. The first-order valence-corrected chi connectivity index (χ1v) is 1.89. The maximum absolute atomic E-state index is 9.77. The molecule has 0 bridgehead atoms. The van der Waals surface area contributed by atoms with E-state index in [1.165, 1.54) is 6.92 Å². The van der Waals surface area contributed by atoms with Gasteiger partial charge in [-0.05, 0) is 6.92 Å². The van der Waals surface area contributed by atoms with E-state index in [1.54, 1.807) is 0 Å². The second-order valence-electron chi connectivity index (χ2n) is 1.16. The third kappa shape index (κ3) is 2.12. The summed E-state index contributed by atoms with van der Waals surface area (Å²) in [4.78, 5) is 22.7. The molecule has 5 nitrogen and oxygen atoms in total. The maximum atomic E-state index is 9.77. The maximum Gasteiger partial charge on any atom is 0.347 e. The summed E-state index contributed by atoms with van der Waals surface area (Å²) in [5.74, 6) is -1.20. The van der Waals surface area contributed by atoms with Crippen LogP contribution in [0.4, 0.5) is 0 Å². The third-order valence-electron chi connectivity index (χ3n) is 0.549. The number of carboxylic acid groups (broad SMARTS) is 1. The van der Waals surface area contributed by atoms with Crippen LogP contribution in [0.5, 0.6) is 0 Å². The van der Waals surface area contributed by atoms with Crippen molar-refractivity contribution in [3.8, 4) is 0 Å². The topological polar surface area (TPSA) is 76.0 Å². The van der Waals surface area contributed by atoms with Crippen LogP contribution < -0.4 is 0 Å². The summed E-state index contributed by atoms with van der Waals surface area (Å²) < 4.78 is 0. The summed E-state index contributed by atoms with van der Waals surface area (Å²) >= 11 is 0. The molecule has 0 aliphatic rings. The molecule has 0 spiro atoms. The number of aliphatic carboxylic acids is 1. The van der Waals surface area contributed by atoms with E-state index in [0.29, 0.717) is 0 Å². The van der Waals surface area contributed by atoms with Crippen molar-refractivity contribution in [1.29, 1.82) is 0 Å². The molecule has 0 aliphatic carbocycles. The van der Waals surface area contributed by atoms with E-state index in [4.69, 9.17) is 5.11 Å². The SMILES string of the molecule is CC(ON=O)C(=O)O. The fourth-order valence-electron chi connectivity index (χ4n) is 0.110. The van der Waals surface area contributed by atoms with Crippen molar-refractivity contribution in [2.24, 2.45) is 5.34 Å². The minimum Gasteiger partial charge on any atom is -0.478 e. The average Bonchev–Trinajstić information content (AvgIpc) is 1.67. The lowest BCUT2D eigenvalue weighted by Crippen LogP contribution is -2.16. The number of rotatable bonds is 3. The van der Waals surface area contributed by atoms with E-state index in [2.05, 4.69) is 4.84 Å². The van der Waals surface area contributed by atoms with Crippen LogP contribution in [0.15, 0.2) is 5.34 Å². The van der Waals surface area contributed by atoms with Crippen molar-refractivity contribution in [3.63, 3.8) is 0 Å². The first kappa shape index (κ1) is 6.87. The molecular formula is C3H5NO4. The molecule has 0 aromatic carbocycles. The molecule has 0 saturated heterocycles. The Morgan fingerprint density at radius 3 is 2.50 bits per heavy atom. The van der Waals surface area contributed by atoms with Crippen LogP contribution in [0.25, 0.3) is 0 Å². The van der Waals surface area contributed by atoms with Gasteiger partial charge in [-0.25, -0.2) is 4.79 Å². The van der Waals surface area contributed by atoms with Crippen LogP contribution in [0.1, 0.15) is 6.92 Å². The van der Waals surface area contributed by atoms with Crippen molar-refractivity contribution in [2.75, 3.05) is 0 Å². The fraction of sp³-hybridized carbons (Fsp3) is 0.667. The standard InChI is InChI=1S/C3H5NO4/c1-2(3(5)6)8-4-7/h2H,1H3,(H,5,6). The van der Waals surface area contributed by atoms with E-state index in [9.17, 15) is 9.70 Å². The monoisotopic (exact) mass is 119 g/mol. The van der Waals surface area contributed by atoms with Crippen molar-refractivity contribution >= 4 is 5.97 Å². The first-order chi connectivity index (χ1) is 3.68. The molecule has 0 saturated carbocycles. The number of carbonyl (C=O) groups is 1. The number of hydrogen-bond acceptors (Lipinski definition) is 4. The smallest absolute Gasteiger partial charge is 0.347 e. The van der Waals surface area contributed by atoms with Crippen molar-refractivity contribution in [2.45, 2.75) is 13.0 Å². The van der Waals surface area contributed by atoms with Gasteiger partial charge in [0.05, 0.1) is 0 Å². The Kier molecular flexibility index (Phi) is 2.53. The molecule has 5 heteroatoms. The van der Waals surface area contributed by atoms with Gasteiger partial charge in [-0.3, -0.25) is 0 Å². The molecule has 46 valence electrons. The first-order valence-electron chi connectivity index (χ1n) is 1.89. The normalized spacial score (nSPS) is 12.1. The lowest BCUT2D eigenvalue weighted by molar-refractivity contribution is -0.149. The molecule has 0 heterocycles. The third-order valence-corrected chi connectivity index (χ3v) is 0.549. The van der Waals surface area contributed by atoms with Gasteiger partial charge in [0, 0.05) is 0 Å². The average molecular weight is 119 g/mol. The van der Waals surface area contributed by atoms with Crippen LogP contribution in [0.2, 0.25) is 0 Å². The Morgan fingerprint density at radius 2 is 2.38 bits per heavy atom. The zero-order valence-corrected chi connectivity index (χ0v) is 4.20. The summed E-state index contributed by atoms with van der Waals surface area (Å²) in [6, 6.07) is 0. The van der Waals surface area contributed by atoms with Crippen LogP contribution in [0.3, 0.4) is 0 Å². The molecule has 8 heavy (non-hydrogen) atoms. The highest BCUT2D eigenvalue weighted by Gasteiger charge is 2.10. The molecule has 0 aromatic rings. The Bertz CT molecular complexity index is 101. The number of hydrogen-bond donors (Lipinski definition) is 1. The van der Waals surface area contributed by atoms with Crippen LogP contribution in [-0.4, -0.2) is 17.2 Å². The highest BCUT2D eigenvalue weighted by atomic mass is 16.7. The van der Waals surface area contributed by atoms with Crippen molar-refractivity contribution in [1.82, 2.24) is 0 Å². The lowest BCUT2D eigenvalue weighted by Gasteiger charge is -1.96. The van der Waals surface area contributed by atoms with E-state index >= 15 is 0 Å². The molecule has 0 fully saturated rings. The van der Waals surface area contributed by atoms with Gasteiger partial charge in [-0.1, -0.05) is 0 Å². The minimum atomic E-state index is -1.20. The van der Waals surface area contributed by atoms with Gasteiger partial charge in [-0.2, -0.15) is 0 Å². The second-order valence-corrected chi connectivity index (χ2v) is 1.16. The van der Waals surface area contributed by atoms with Gasteiger partial charge in [-0.15, -0.1) is 4.91 Å². The second kappa shape index (κ2) is 2.95. The summed E-state index contributed by atoms with van der Waals surface area (Å²) in [5.41, 5.74) is 0. The number of carboxylic acids is 1. The largest absolute Gasteiger partial charge is 0.478 e. The fourth-order valence-corrected chi connectivity index (χ4v) is 0.110. The molecule has 0 aromatic heterocycles. The predicted molar refractivity (Wildman–Crippen MR) is 24.0 cm³/mol. The lowest BCUT2D eigenvalue weighted by atomic mass is 10.4. The highest BCUT2D eigenvalue weighted by Crippen LogP contribution is 1.88. The minimum absolute atomic E-state index is 1.15. The molecule has 0 rings (SSSR count). The van der Waals surface area contributed by atoms with Gasteiger partial charge in [0.1, 0.15) is 0 Å². The van der Waals surface area contributed by atoms with E-state index in [-0.39, 0.29) is 0 Å². The Hall–Kier alpha value is -1.13. The van der Waals surface area contributed by atoms with Gasteiger partial charge in [0.15, 0.2) is 5.34 Å². The predicted octanol–water partition coefficient (Wildman–Crippen LogP) is 0.157. The summed E-state index contributed by atoms with van der Waals surface area (Å²) in [6.45, 7) is 1.21. The highest BCUT2D eigenvalue weighted by molar-refractivity contribution is 5.71. The van der Waals surface area contributed by atoms with E-state index in [1.807, 2.05) is 5.34 Å². The summed E-state index contributed by atoms with van der Waals surface area (Å²) in [6.07, 6.45) is -1.15. The Morgan fingerprint density at radius 1 is 1.88 bits per heavy atom. The summed E-state index contributed by atoms with van der Waals surface area (Å²) in [7, 11) is 0. The zero-order chi connectivity index (χ0) is 6.57. The van der Waals surface area contributed by atoms with E-state index in [0.717, 1.165) is 0 Å². The van der Waals surface area contributed by atoms with Crippen LogP contribution in [0, 0.1) is 4.91 Å². The quantitative estimate of drug-likeness (QED) is 0.424. The molecule has 1 atom stereocenters. The van der Waals surface area contributed by atoms with Gasteiger partial charge in [0.2, 0.25) is 6.10 Å². The Labute approximate surface area is 45.2 Å². The molecule has 0 amide bonds. The van der Waals surface area contributed by atoms with Gasteiger partial charge in [0.25, 0.3) is 0 Å². The van der Waals surface area contributed by atoms with Crippen LogP contribution >= 0.6 is 0 Å². The molecule has 1 unspecified atom stereocenters. The van der Waals surface area contributed by atoms with E-state index < -0.39 is 12.1 Å². The van der Waals surface area contributed by atoms with Crippen molar-refractivity contribution in [3.05, 3.63) is 4.91 Å². The molecule has 1 N–H and O–H groups in total. The summed E-state index contributed by atoms with van der Waals surface area (Å²) in [5, 5.41) is 9.92. The van der Waals surface area contributed by atoms with Gasteiger partial charge < -0.3 is 9.94 Å². The molecule has 0 aliphatic heterocycles. The van der Waals surface area contributed by atoms with Crippen molar-refractivity contribution < 1.29 is 14.7 Å². The van der Waals surface area contributed by atoms with Crippen LogP contribution in [-0.2, 0) is 9.63 Å².